The number of carboxylic acids is 1. The van der Waals surface area contributed by atoms with E-state index in [2.05, 4.69) is 5.32 Å². The van der Waals surface area contributed by atoms with Crippen molar-refractivity contribution in [1.29, 1.82) is 0 Å². The van der Waals surface area contributed by atoms with Crippen molar-refractivity contribution in [1.82, 2.24) is 4.90 Å². The maximum absolute atomic E-state index is 12.0. The summed E-state index contributed by atoms with van der Waals surface area (Å²) in [6.45, 7) is 4.21. The molecular weight excluding hydrogens is 315 g/mol. The molecule has 0 aromatic heterocycles. The largest absolute Gasteiger partial charge is 0.481 e. The fraction of sp³-hybridized carbons (Fsp3) is 0.429. The van der Waals surface area contributed by atoms with Gasteiger partial charge in [0, 0.05) is 12.6 Å². The lowest BCUT2D eigenvalue weighted by atomic mass is 10.2. The van der Waals surface area contributed by atoms with Crippen molar-refractivity contribution in [3.8, 4) is 0 Å². The Balaban J connectivity index is 2.65. The zero-order valence-corrected chi connectivity index (χ0v) is 13.4. The van der Waals surface area contributed by atoms with Gasteiger partial charge >= 0.3 is 5.97 Å². The number of nitrogens with zero attached hydrogens (tertiary/aromatic N) is 1. The molecule has 0 radical (unpaired) electrons. The Morgan fingerprint density at radius 2 is 2.00 bits per heavy atom. The van der Waals surface area contributed by atoms with Crippen molar-refractivity contribution in [2.75, 3.05) is 18.4 Å². The number of hydrogen-bond acceptors (Lipinski definition) is 3. The molecule has 1 amide bonds. The molecule has 5 nitrogen and oxygen atoms in total. The first kappa shape index (κ1) is 17.8. The second kappa shape index (κ2) is 8.22. The highest BCUT2D eigenvalue weighted by atomic mass is 35.5. The van der Waals surface area contributed by atoms with Crippen LogP contribution < -0.4 is 5.32 Å². The number of carbonyl (C=O) groups excluding carboxylic acids is 1. The first-order valence-electron chi connectivity index (χ1n) is 6.51. The van der Waals surface area contributed by atoms with Gasteiger partial charge in [-0.15, -0.1) is 0 Å². The smallest absolute Gasteiger partial charge is 0.304 e. The SMILES string of the molecule is CC(C)N(CCC(=O)O)CC(=O)Nc1cccc(Cl)c1Cl. The van der Waals surface area contributed by atoms with E-state index in [-0.39, 0.29) is 29.9 Å². The lowest BCUT2D eigenvalue weighted by molar-refractivity contribution is -0.137. The first-order valence-corrected chi connectivity index (χ1v) is 7.26. The summed E-state index contributed by atoms with van der Waals surface area (Å²) in [6, 6.07) is 5.04. The summed E-state index contributed by atoms with van der Waals surface area (Å²) >= 11 is 11.9. The van der Waals surface area contributed by atoms with Crippen LogP contribution in [0.3, 0.4) is 0 Å². The normalized spacial score (nSPS) is 11.0. The Hall–Kier alpha value is -1.30. The number of benzene rings is 1. The fourth-order valence-corrected chi connectivity index (χ4v) is 2.08. The van der Waals surface area contributed by atoms with E-state index < -0.39 is 5.97 Å². The third kappa shape index (κ3) is 5.91. The highest BCUT2D eigenvalue weighted by Crippen LogP contribution is 2.29. The predicted octanol–water partition coefficient (Wildman–Crippen LogP) is 3.12. The minimum Gasteiger partial charge on any atom is -0.481 e. The molecule has 1 aromatic carbocycles. The van der Waals surface area contributed by atoms with Gasteiger partial charge in [-0.2, -0.15) is 0 Å². The minimum absolute atomic E-state index is 0.0105. The molecule has 0 saturated heterocycles. The summed E-state index contributed by atoms with van der Waals surface area (Å²) < 4.78 is 0. The molecule has 7 heteroatoms. The quantitative estimate of drug-likeness (QED) is 0.804. The summed E-state index contributed by atoms with van der Waals surface area (Å²) in [4.78, 5) is 24.4. The van der Waals surface area contributed by atoms with Crippen molar-refractivity contribution in [3.05, 3.63) is 28.2 Å². The van der Waals surface area contributed by atoms with Gasteiger partial charge in [0.1, 0.15) is 0 Å². The van der Waals surface area contributed by atoms with E-state index in [1.54, 1.807) is 23.1 Å². The van der Waals surface area contributed by atoms with Crippen molar-refractivity contribution in [2.24, 2.45) is 0 Å². The Morgan fingerprint density at radius 3 is 2.57 bits per heavy atom. The molecule has 0 heterocycles. The lowest BCUT2D eigenvalue weighted by Crippen LogP contribution is -2.39. The zero-order valence-electron chi connectivity index (χ0n) is 11.9. The summed E-state index contributed by atoms with van der Waals surface area (Å²) in [7, 11) is 0. The molecule has 0 atom stereocenters. The molecule has 0 aliphatic heterocycles. The van der Waals surface area contributed by atoms with Crippen LogP contribution in [0.2, 0.25) is 10.0 Å². The summed E-state index contributed by atoms with van der Waals surface area (Å²) in [6.07, 6.45) is -0.0105. The Morgan fingerprint density at radius 1 is 1.33 bits per heavy atom. The van der Waals surface area contributed by atoms with Gasteiger partial charge in [0.25, 0.3) is 0 Å². The number of halogens is 2. The van der Waals surface area contributed by atoms with Crippen molar-refractivity contribution < 1.29 is 14.7 Å². The number of amides is 1. The molecule has 0 spiro atoms. The molecule has 0 unspecified atom stereocenters. The maximum Gasteiger partial charge on any atom is 0.304 e. The second-order valence-electron chi connectivity index (χ2n) is 4.86. The van der Waals surface area contributed by atoms with Crippen LogP contribution in [0.5, 0.6) is 0 Å². The number of nitrogens with one attached hydrogen (secondary N) is 1. The average molecular weight is 333 g/mol. The van der Waals surface area contributed by atoms with Gasteiger partial charge < -0.3 is 10.4 Å². The Bertz CT molecular complexity index is 521. The second-order valence-corrected chi connectivity index (χ2v) is 5.64. The molecule has 1 rings (SSSR count). The van der Waals surface area contributed by atoms with Crippen LogP contribution in [-0.2, 0) is 9.59 Å². The Kier molecular flexibility index (Phi) is 6.95. The van der Waals surface area contributed by atoms with Crippen LogP contribution in [0, 0.1) is 0 Å². The highest BCUT2D eigenvalue weighted by Gasteiger charge is 2.16. The molecule has 0 bridgehead atoms. The predicted molar refractivity (Wildman–Crippen MR) is 84.1 cm³/mol. The van der Waals surface area contributed by atoms with Crippen LogP contribution >= 0.6 is 23.2 Å². The van der Waals surface area contributed by atoms with E-state index >= 15 is 0 Å². The third-order valence-corrected chi connectivity index (χ3v) is 3.73. The van der Waals surface area contributed by atoms with Crippen LogP contribution in [0.25, 0.3) is 0 Å². The topological polar surface area (TPSA) is 69.6 Å². The van der Waals surface area contributed by atoms with E-state index in [0.29, 0.717) is 17.3 Å². The molecule has 21 heavy (non-hydrogen) atoms. The molecule has 116 valence electrons. The Labute approximate surface area is 133 Å². The number of aliphatic carboxylic acids is 1. The summed E-state index contributed by atoms with van der Waals surface area (Å²) in [5, 5.41) is 12.0. The minimum atomic E-state index is -0.890. The number of hydrogen-bond donors (Lipinski definition) is 2. The number of carbonyl (C=O) groups is 2. The number of carboxylic acid groups (broad SMARTS) is 1. The molecule has 0 aliphatic carbocycles. The van der Waals surface area contributed by atoms with Gasteiger partial charge in [-0.25, -0.2) is 0 Å². The maximum atomic E-state index is 12.0. The molecule has 1 aromatic rings. The third-order valence-electron chi connectivity index (χ3n) is 2.92. The van der Waals surface area contributed by atoms with Gasteiger partial charge in [0.05, 0.1) is 28.7 Å². The molecule has 2 N–H and O–H groups in total. The van der Waals surface area contributed by atoms with Gasteiger partial charge in [-0.3, -0.25) is 14.5 Å². The highest BCUT2D eigenvalue weighted by molar-refractivity contribution is 6.43. The number of rotatable bonds is 7. The van der Waals surface area contributed by atoms with Gasteiger partial charge in [0.15, 0.2) is 0 Å². The average Bonchev–Trinajstić information content (AvgIpc) is 2.39. The van der Waals surface area contributed by atoms with Crippen LogP contribution in [0.15, 0.2) is 18.2 Å². The van der Waals surface area contributed by atoms with Gasteiger partial charge in [-0.05, 0) is 26.0 Å². The lowest BCUT2D eigenvalue weighted by Gasteiger charge is -2.25. The molecule has 0 fully saturated rings. The van der Waals surface area contributed by atoms with Crippen LogP contribution in [0.4, 0.5) is 5.69 Å². The molecule has 0 saturated carbocycles. The number of anilines is 1. The van der Waals surface area contributed by atoms with Gasteiger partial charge in [-0.1, -0.05) is 29.3 Å². The van der Waals surface area contributed by atoms with Crippen molar-refractivity contribution >= 4 is 40.8 Å². The van der Waals surface area contributed by atoms with E-state index in [1.807, 2.05) is 13.8 Å². The van der Waals surface area contributed by atoms with E-state index in [9.17, 15) is 9.59 Å². The van der Waals surface area contributed by atoms with Crippen LogP contribution in [0.1, 0.15) is 20.3 Å². The van der Waals surface area contributed by atoms with Crippen molar-refractivity contribution in [2.45, 2.75) is 26.3 Å². The monoisotopic (exact) mass is 332 g/mol. The standard InChI is InChI=1S/C14H18Cl2N2O3/c1-9(2)18(7-6-13(20)21)8-12(19)17-11-5-3-4-10(15)14(11)16/h3-5,9H,6-8H2,1-2H3,(H,17,19)(H,20,21). The molecule has 0 aliphatic rings. The zero-order chi connectivity index (χ0) is 16.0. The van der Waals surface area contributed by atoms with Gasteiger partial charge in [0.2, 0.25) is 5.91 Å². The van der Waals surface area contributed by atoms with Crippen LogP contribution in [-0.4, -0.2) is 41.0 Å². The van der Waals surface area contributed by atoms with Crippen molar-refractivity contribution in [3.63, 3.8) is 0 Å². The fourth-order valence-electron chi connectivity index (χ4n) is 1.73. The van der Waals surface area contributed by atoms with E-state index in [0.717, 1.165) is 0 Å². The summed E-state index contributed by atoms with van der Waals surface area (Å²) in [5.41, 5.74) is 0.441. The van der Waals surface area contributed by atoms with E-state index in [4.69, 9.17) is 28.3 Å². The summed E-state index contributed by atoms with van der Waals surface area (Å²) in [5.74, 6) is -1.16. The van der Waals surface area contributed by atoms with E-state index in [1.165, 1.54) is 0 Å². The molecular formula is C14H18Cl2N2O3. The first-order chi connectivity index (χ1) is 9.81.